The predicted molar refractivity (Wildman–Crippen MR) is 294 cm³/mol. The third-order valence-electron chi connectivity index (χ3n) is 15.2. The van der Waals surface area contributed by atoms with Gasteiger partial charge in [0.05, 0.1) is 17.1 Å². The Morgan fingerprint density at radius 1 is 0.441 bits per heavy atom. The third kappa shape index (κ3) is 5.18. The fourth-order valence-corrected chi connectivity index (χ4v) is 13.5. The molecule has 0 saturated carbocycles. The molecule has 4 heterocycles. The summed E-state index contributed by atoms with van der Waals surface area (Å²) < 4.78 is 5.42. The molecule has 0 N–H and O–H groups in total. The Morgan fingerprint density at radius 2 is 1.07 bits per heavy atom. The van der Waals surface area contributed by atoms with Gasteiger partial charge < -0.3 is 9.38 Å². The number of aromatic nitrogens is 1. The second kappa shape index (κ2) is 13.8. The van der Waals surface area contributed by atoms with Crippen LogP contribution in [0.5, 0.6) is 0 Å². The molecule has 0 amide bonds. The average molecular weight is 883 g/mol. The summed E-state index contributed by atoms with van der Waals surface area (Å²) in [5, 5.41) is 11.7. The molecule has 0 aliphatic carbocycles. The molecule has 0 unspecified atom stereocenters. The number of nitrogens with zero attached hydrogens (tertiary/aromatic N) is 2. The van der Waals surface area contributed by atoms with Gasteiger partial charge in [-0.05, 0) is 108 Å². The van der Waals surface area contributed by atoms with Crippen LogP contribution in [0, 0.1) is 0 Å². The maximum absolute atomic E-state index is 2.75. The number of benzene rings is 11. The van der Waals surface area contributed by atoms with Gasteiger partial charge in [-0.2, -0.15) is 0 Å². The van der Waals surface area contributed by atoms with Crippen LogP contribution >= 0.6 is 11.3 Å². The Hall–Kier alpha value is -7.92. The van der Waals surface area contributed by atoms with Crippen LogP contribution < -0.4 is 15.1 Å². The van der Waals surface area contributed by atoms with Gasteiger partial charge in [0.2, 0.25) is 0 Å². The van der Waals surface area contributed by atoms with Gasteiger partial charge in [-0.15, -0.1) is 11.3 Å². The highest BCUT2D eigenvalue weighted by atomic mass is 32.1. The van der Waals surface area contributed by atoms with Crippen LogP contribution in [0.3, 0.4) is 0 Å². The summed E-state index contributed by atoms with van der Waals surface area (Å²) in [7, 11) is 0. The highest BCUT2D eigenvalue weighted by Crippen LogP contribution is 2.55. The number of thiophene rings is 1. The molecule has 0 radical (unpaired) electrons. The first kappa shape index (κ1) is 38.2. The lowest BCUT2D eigenvalue weighted by atomic mass is 9.47. The van der Waals surface area contributed by atoms with Crippen LogP contribution in [0.2, 0.25) is 0 Å². The Labute approximate surface area is 399 Å². The molecular formula is C64H43BN2S. The van der Waals surface area contributed by atoms with Gasteiger partial charge in [-0.1, -0.05) is 191 Å². The van der Waals surface area contributed by atoms with Gasteiger partial charge in [-0.25, -0.2) is 0 Å². The molecule has 0 bridgehead atoms. The van der Waals surface area contributed by atoms with E-state index in [4.69, 9.17) is 0 Å². The van der Waals surface area contributed by atoms with Gasteiger partial charge in [0.15, 0.2) is 0 Å². The lowest BCUT2D eigenvalue weighted by Gasteiger charge is -2.41. The molecule has 2 aromatic heterocycles. The summed E-state index contributed by atoms with van der Waals surface area (Å²) in [6, 6.07) is 78.0. The van der Waals surface area contributed by atoms with Crippen molar-refractivity contribution in [3.63, 3.8) is 0 Å². The van der Waals surface area contributed by atoms with E-state index in [1.807, 2.05) is 11.3 Å². The van der Waals surface area contributed by atoms with Crippen LogP contribution in [-0.4, -0.2) is 11.3 Å². The summed E-state index contributed by atoms with van der Waals surface area (Å²) in [6.45, 7) is 6.91. The quantitative estimate of drug-likeness (QED) is 0.126. The minimum atomic E-state index is -0.0837. The maximum atomic E-state index is 2.75. The molecule has 2 nitrogen and oxygen atoms in total. The average Bonchev–Trinajstić information content (AvgIpc) is 3.93. The van der Waals surface area contributed by atoms with Crippen LogP contribution in [0.4, 0.5) is 17.1 Å². The third-order valence-corrected chi connectivity index (χ3v) is 16.4. The number of para-hydroxylation sites is 1. The maximum Gasteiger partial charge on any atom is 0.343 e. The van der Waals surface area contributed by atoms with E-state index in [1.165, 1.54) is 142 Å². The minimum Gasteiger partial charge on any atom is -0.375 e. The number of fused-ring (bicyclic) bond motifs is 11. The Bertz CT molecular complexity index is 4220. The SMILES string of the molecule is CC(C)(C)c1cc2ccc3c4c5c(c6ccc(c1)c2c36)N(c1ccccc1-c1ccccc1)c1c(sc2ccccc12)B5n1c2ccc(-c3ccccc3)cc2c2cc(-c3ccccc3)cc-4c21. The second-order valence-corrected chi connectivity index (χ2v) is 21.1. The van der Waals surface area contributed by atoms with Crippen molar-refractivity contribution in [2.24, 2.45) is 0 Å². The lowest BCUT2D eigenvalue weighted by molar-refractivity contribution is 0.591. The summed E-state index contributed by atoms with van der Waals surface area (Å²) in [5.74, 6) is 0. The Morgan fingerprint density at radius 3 is 1.81 bits per heavy atom. The van der Waals surface area contributed by atoms with Crippen molar-refractivity contribution in [3.05, 3.63) is 212 Å². The monoisotopic (exact) mass is 882 g/mol. The molecule has 4 heteroatoms. The molecular weight excluding hydrogens is 840 g/mol. The van der Waals surface area contributed by atoms with E-state index in [-0.39, 0.29) is 12.3 Å². The zero-order valence-corrected chi connectivity index (χ0v) is 38.8. The van der Waals surface area contributed by atoms with Crippen molar-refractivity contribution in [3.8, 4) is 44.5 Å². The molecule has 11 aromatic carbocycles. The zero-order valence-electron chi connectivity index (χ0n) is 38.0. The first-order chi connectivity index (χ1) is 33.4. The van der Waals surface area contributed by atoms with Gasteiger partial charge in [0.25, 0.3) is 0 Å². The molecule has 13 aromatic rings. The molecule has 15 rings (SSSR count). The highest BCUT2D eigenvalue weighted by molar-refractivity contribution is 7.32. The lowest BCUT2D eigenvalue weighted by Crippen LogP contribution is -2.55. The molecule has 0 spiro atoms. The number of anilines is 3. The number of rotatable bonds is 4. The molecule has 68 heavy (non-hydrogen) atoms. The van der Waals surface area contributed by atoms with Crippen LogP contribution in [-0.2, 0) is 5.41 Å². The van der Waals surface area contributed by atoms with Crippen LogP contribution in [0.15, 0.2) is 206 Å². The minimum absolute atomic E-state index is 0.00839. The predicted octanol–water partition coefficient (Wildman–Crippen LogP) is 16.6. The topological polar surface area (TPSA) is 8.17 Å². The molecule has 318 valence electrons. The number of hydrogen-bond donors (Lipinski definition) is 0. The fraction of sp³-hybridized carbons (Fsp3) is 0.0625. The Kier molecular flexibility index (Phi) is 7.77. The van der Waals surface area contributed by atoms with E-state index in [1.54, 1.807) is 0 Å². The summed E-state index contributed by atoms with van der Waals surface area (Å²) in [5.41, 5.74) is 19.0. The largest absolute Gasteiger partial charge is 0.375 e. The van der Waals surface area contributed by atoms with E-state index < -0.39 is 0 Å². The highest BCUT2D eigenvalue weighted by Gasteiger charge is 2.47. The van der Waals surface area contributed by atoms with E-state index in [9.17, 15) is 0 Å². The fourth-order valence-electron chi connectivity index (χ4n) is 12.2. The molecule has 0 atom stereocenters. The van der Waals surface area contributed by atoms with Crippen molar-refractivity contribution in [2.45, 2.75) is 26.2 Å². The summed E-state index contributed by atoms with van der Waals surface area (Å²) in [6.07, 6.45) is 0. The van der Waals surface area contributed by atoms with E-state index >= 15 is 0 Å². The second-order valence-electron chi connectivity index (χ2n) is 20.0. The first-order valence-electron chi connectivity index (χ1n) is 23.9. The Balaban J connectivity index is 1.18. The van der Waals surface area contributed by atoms with Gasteiger partial charge in [0.1, 0.15) is 0 Å². The van der Waals surface area contributed by atoms with Crippen molar-refractivity contribution in [2.75, 3.05) is 4.90 Å². The van der Waals surface area contributed by atoms with Crippen molar-refractivity contribution in [1.29, 1.82) is 0 Å². The van der Waals surface area contributed by atoms with Gasteiger partial charge in [-0.3, -0.25) is 0 Å². The first-order valence-corrected chi connectivity index (χ1v) is 24.7. The van der Waals surface area contributed by atoms with Crippen molar-refractivity contribution < 1.29 is 0 Å². The van der Waals surface area contributed by atoms with E-state index in [2.05, 4.69) is 236 Å². The van der Waals surface area contributed by atoms with Crippen molar-refractivity contribution in [1.82, 2.24) is 4.48 Å². The smallest absolute Gasteiger partial charge is 0.343 e. The van der Waals surface area contributed by atoms with Gasteiger partial charge >= 0.3 is 6.85 Å². The summed E-state index contributed by atoms with van der Waals surface area (Å²) in [4.78, 5) is 2.70. The zero-order chi connectivity index (χ0) is 45.0. The number of hydrogen-bond acceptors (Lipinski definition) is 2. The molecule has 2 aliphatic rings. The molecule has 0 saturated heterocycles. The molecule has 2 aliphatic heterocycles. The van der Waals surface area contributed by atoms with Crippen LogP contribution in [0.25, 0.3) is 109 Å². The van der Waals surface area contributed by atoms with Gasteiger partial charge in [0, 0.05) is 58.6 Å². The van der Waals surface area contributed by atoms with Crippen LogP contribution in [0.1, 0.15) is 26.3 Å². The van der Waals surface area contributed by atoms with Crippen molar-refractivity contribution >= 4 is 110 Å². The normalized spacial score (nSPS) is 13.2. The van der Waals surface area contributed by atoms with E-state index in [0.29, 0.717) is 0 Å². The summed E-state index contributed by atoms with van der Waals surface area (Å²) >= 11 is 1.97. The van der Waals surface area contributed by atoms with E-state index in [0.717, 1.165) is 0 Å². The molecule has 0 fully saturated rings. The standard InChI is InChI=1S/C64H43BN2S/c1-64(2,3)45-33-42-27-30-48-57-49(31-28-43(34-45)56(42)57)61-59-58(48)52-37-44(39-19-9-5-10-20-39)36-51-50-35-41(38-17-7-4-8-18-38)29-32-54(50)67(60(51)52)65(59)63-62(47-24-14-16-26-55(47)68-63)66(61)53-25-15-13-23-46(53)40-21-11-6-12-22-40/h4-37H,1-3H3.